The van der Waals surface area contributed by atoms with Crippen molar-refractivity contribution in [2.75, 3.05) is 13.1 Å². The van der Waals surface area contributed by atoms with Gasteiger partial charge in [0.25, 0.3) is 0 Å². The van der Waals surface area contributed by atoms with Crippen LogP contribution in [0.2, 0.25) is 0 Å². The second kappa shape index (κ2) is 6.57. The van der Waals surface area contributed by atoms with Crippen LogP contribution in [0.15, 0.2) is 54.6 Å². The molecule has 0 radical (unpaired) electrons. The average Bonchev–Trinajstić information content (AvgIpc) is 3.09. The molecule has 1 saturated heterocycles. The number of rotatable bonds is 3. The van der Waals surface area contributed by atoms with Gasteiger partial charge in [-0.15, -0.1) is 0 Å². The highest BCUT2D eigenvalue weighted by molar-refractivity contribution is 5.68. The van der Waals surface area contributed by atoms with E-state index in [4.69, 9.17) is 4.98 Å². The quantitative estimate of drug-likeness (QED) is 0.753. The van der Waals surface area contributed by atoms with E-state index in [-0.39, 0.29) is 5.82 Å². The molecule has 0 spiro atoms. The zero-order valence-corrected chi connectivity index (χ0v) is 13.4. The summed E-state index contributed by atoms with van der Waals surface area (Å²) in [5.74, 6) is 1.05. The van der Waals surface area contributed by atoms with E-state index in [0.29, 0.717) is 5.92 Å². The Morgan fingerprint density at radius 2 is 1.75 bits per heavy atom. The molecular formula is C20H20FN3. The van der Waals surface area contributed by atoms with E-state index >= 15 is 0 Å². The Balaban J connectivity index is 1.80. The van der Waals surface area contributed by atoms with Crippen molar-refractivity contribution in [3.05, 3.63) is 66.1 Å². The van der Waals surface area contributed by atoms with Gasteiger partial charge >= 0.3 is 0 Å². The fraction of sp³-hybridized carbons (Fsp3) is 0.250. The van der Waals surface area contributed by atoms with E-state index in [1.807, 2.05) is 18.2 Å². The number of aromatic amines is 1. The molecule has 1 aromatic heterocycles. The molecule has 4 rings (SSSR count). The Hall–Kier alpha value is -2.46. The van der Waals surface area contributed by atoms with E-state index in [0.717, 1.165) is 54.3 Å². The van der Waals surface area contributed by atoms with Gasteiger partial charge in [0.05, 0.1) is 5.69 Å². The molecule has 2 heterocycles. The molecular weight excluding hydrogens is 301 g/mol. The fourth-order valence-electron chi connectivity index (χ4n) is 3.34. The first kappa shape index (κ1) is 15.1. The highest BCUT2D eigenvalue weighted by atomic mass is 19.1. The summed E-state index contributed by atoms with van der Waals surface area (Å²) >= 11 is 0. The highest BCUT2D eigenvalue weighted by Gasteiger charge is 2.23. The number of hydrogen-bond donors (Lipinski definition) is 2. The molecule has 1 fully saturated rings. The highest BCUT2D eigenvalue weighted by Crippen LogP contribution is 2.33. The van der Waals surface area contributed by atoms with Gasteiger partial charge in [-0.1, -0.05) is 30.3 Å². The topological polar surface area (TPSA) is 40.7 Å². The first-order chi connectivity index (χ1) is 11.8. The molecule has 3 aromatic rings. The lowest BCUT2D eigenvalue weighted by molar-refractivity contribution is 0.456. The monoisotopic (exact) mass is 321 g/mol. The lowest BCUT2D eigenvalue weighted by atomic mass is 9.93. The van der Waals surface area contributed by atoms with Gasteiger partial charge in [0, 0.05) is 29.3 Å². The van der Waals surface area contributed by atoms with Crippen LogP contribution in [0.1, 0.15) is 24.5 Å². The molecule has 0 amide bonds. The number of aromatic nitrogens is 2. The minimum absolute atomic E-state index is 0.224. The molecule has 1 aliphatic heterocycles. The fourth-order valence-corrected chi connectivity index (χ4v) is 3.34. The first-order valence-corrected chi connectivity index (χ1v) is 8.43. The van der Waals surface area contributed by atoms with Crippen molar-refractivity contribution < 1.29 is 4.39 Å². The van der Waals surface area contributed by atoms with Gasteiger partial charge in [-0.05, 0) is 43.7 Å². The lowest BCUT2D eigenvalue weighted by Gasteiger charge is -2.22. The summed E-state index contributed by atoms with van der Waals surface area (Å²) < 4.78 is 13.3. The third-order valence-electron chi connectivity index (χ3n) is 4.60. The van der Waals surface area contributed by atoms with E-state index in [9.17, 15) is 4.39 Å². The van der Waals surface area contributed by atoms with Crippen LogP contribution >= 0.6 is 0 Å². The number of imidazole rings is 1. The summed E-state index contributed by atoms with van der Waals surface area (Å²) in [5.41, 5.74) is 4.10. The van der Waals surface area contributed by atoms with Gasteiger partial charge in [-0.25, -0.2) is 9.37 Å². The third-order valence-corrected chi connectivity index (χ3v) is 4.60. The largest absolute Gasteiger partial charge is 0.341 e. The standard InChI is InChI=1S/C20H20FN3/c21-17-10-8-14(9-11-17)18-19(16-7-4-12-22-13-16)24-20(23-18)15-5-2-1-3-6-15/h1-3,5-6,8-11,16,22H,4,7,12-13H2,(H,23,24). The van der Waals surface area contributed by atoms with E-state index in [1.165, 1.54) is 12.1 Å². The summed E-state index contributed by atoms with van der Waals surface area (Å²) in [7, 11) is 0. The molecule has 1 atom stereocenters. The number of H-pyrrole nitrogens is 1. The van der Waals surface area contributed by atoms with Crippen molar-refractivity contribution in [2.45, 2.75) is 18.8 Å². The van der Waals surface area contributed by atoms with Crippen LogP contribution in [0.4, 0.5) is 4.39 Å². The number of halogens is 1. The normalized spacial score (nSPS) is 17.8. The van der Waals surface area contributed by atoms with Crippen molar-refractivity contribution in [3.63, 3.8) is 0 Å². The molecule has 0 saturated carbocycles. The van der Waals surface area contributed by atoms with Gasteiger partial charge in [-0.2, -0.15) is 0 Å². The molecule has 0 bridgehead atoms. The molecule has 1 unspecified atom stereocenters. The number of piperidine rings is 1. The van der Waals surface area contributed by atoms with Crippen molar-refractivity contribution >= 4 is 0 Å². The molecule has 2 N–H and O–H groups in total. The van der Waals surface area contributed by atoms with Gasteiger partial charge in [0.1, 0.15) is 11.6 Å². The zero-order chi connectivity index (χ0) is 16.4. The van der Waals surface area contributed by atoms with Crippen LogP contribution in [0, 0.1) is 5.82 Å². The maximum Gasteiger partial charge on any atom is 0.138 e. The molecule has 3 nitrogen and oxygen atoms in total. The number of nitrogens with zero attached hydrogens (tertiary/aromatic N) is 1. The first-order valence-electron chi connectivity index (χ1n) is 8.43. The Labute approximate surface area is 141 Å². The van der Waals surface area contributed by atoms with E-state index in [1.54, 1.807) is 12.1 Å². The SMILES string of the molecule is Fc1ccc(-c2nc(-c3ccccc3)[nH]c2C2CCCNC2)cc1. The lowest BCUT2D eigenvalue weighted by Crippen LogP contribution is -2.28. The maximum atomic E-state index is 13.3. The zero-order valence-electron chi connectivity index (χ0n) is 13.4. The molecule has 4 heteroatoms. The number of hydrogen-bond acceptors (Lipinski definition) is 2. The summed E-state index contributed by atoms with van der Waals surface area (Å²) in [4.78, 5) is 8.39. The van der Waals surface area contributed by atoms with Gasteiger partial charge in [0.15, 0.2) is 0 Å². The van der Waals surface area contributed by atoms with Crippen LogP contribution in [-0.4, -0.2) is 23.1 Å². The summed E-state index contributed by atoms with van der Waals surface area (Å²) in [6.07, 6.45) is 2.30. The molecule has 1 aliphatic rings. The minimum Gasteiger partial charge on any atom is -0.341 e. The Morgan fingerprint density at radius 3 is 2.46 bits per heavy atom. The Bertz CT molecular complexity index is 803. The number of benzene rings is 2. The van der Waals surface area contributed by atoms with E-state index < -0.39 is 0 Å². The van der Waals surface area contributed by atoms with Crippen LogP contribution in [0.3, 0.4) is 0 Å². The summed E-state index contributed by atoms with van der Waals surface area (Å²) in [5, 5.41) is 3.46. The smallest absolute Gasteiger partial charge is 0.138 e. The Morgan fingerprint density at radius 1 is 0.958 bits per heavy atom. The number of nitrogens with one attached hydrogen (secondary N) is 2. The van der Waals surface area contributed by atoms with Crippen LogP contribution in [-0.2, 0) is 0 Å². The summed E-state index contributed by atoms with van der Waals surface area (Å²) in [6.45, 7) is 2.02. The predicted molar refractivity (Wildman–Crippen MR) is 94.3 cm³/mol. The van der Waals surface area contributed by atoms with Crippen LogP contribution in [0.5, 0.6) is 0 Å². The second-order valence-corrected chi connectivity index (χ2v) is 6.26. The Kier molecular flexibility index (Phi) is 4.13. The molecule has 24 heavy (non-hydrogen) atoms. The predicted octanol–water partition coefficient (Wildman–Crippen LogP) is 4.35. The molecule has 0 aliphatic carbocycles. The average molecular weight is 321 g/mol. The third kappa shape index (κ3) is 2.97. The van der Waals surface area contributed by atoms with Gasteiger partial charge in [-0.3, -0.25) is 0 Å². The summed E-state index contributed by atoms with van der Waals surface area (Å²) in [6, 6.07) is 16.7. The second-order valence-electron chi connectivity index (χ2n) is 6.26. The van der Waals surface area contributed by atoms with Crippen molar-refractivity contribution in [1.82, 2.24) is 15.3 Å². The van der Waals surface area contributed by atoms with Crippen LogP contribution in [0.25, 0.3) is 22.6 Å². The van der Waals surface area contributed by atoms with Crippen molar-refractivity contribution in [2.24, 2.45) is 0 Å². The van der Waals surface area contributed by atoms with Gasteiger partial charge in [0.2, 0.25) is 0 Å². The minimum atomic E-state index is -0.224. The van der Waals surface area contributed by atoms with Crippen LogP contribution < -0.4 is 5.32 Å². The van der Waals surface area contributed by atoms with Crippen molar-refractivity contribution in [3.8, 4) is 22.6 Å². The molecule has 2 aromatic carbocycles. The molecule has 122 valence electrons. The van der Waals surface area contributed by atoms with E-state index in [2.05, 4.69) is 22.4 Å². The van der Waals surface area contributed by atoms with Crippen molar-refractivity contribution in [1.29, 1.82) is 0 Å². The van der Waals surface area contributed by atoms with Gasteiger partial charge < -0.3 is 10.3 Å². The maximum absolute atomic E-state index is 13.3.